The van der Waals surface area contributed by atoms with Gasteiger partial charge in [-0.2, -0.15) is 0 Å². The average molecular weight is 468 g/mol. The number of likely N-dealkylation sites (N-methyl/N-ethyl adjacent to an activating group) is 1. The van der Waals surface area contributed by atoms with Crippen molar-refractivity contribution >= 4 is 12.1 Å². The van der Waals surface area contributed by atoms with Gasteiger partial charge in [0.25, 0.3) is 0 Å². The molecule has 0 aliphatic carbocycles. The molecule has 3 amide bonds. The monoisotopic (exact) mass is 467 g/mol. The Morgan fingerprint density at radius 1 is 1.12 bits per heavy atom. The highest BCUT2D eigenvalue weighted by molar-refractivity contribution is 5.76. The van der Waals surface area contributed by atoms with Gasteiger partial charge in [-0.1, -0.05) is 49.7 Å². The van der Waals surface area contributed by atoms with Crippen LogP contribution in [-0.4, -0.2) is 66.2 Å². The number of ether oxygens (including phenoxy) is 1. The van der Waals surface area contributed by atoms with Crippen molar-refractivity contribution in [1.82, 2.24) is 14.7 Å². The molecule has 0 saturated carbocycles. The van der Waals surface area contributed by atoms with E-state index in [-0.39, 0.29) is 30.0 Å². The lowest BCUT2D eigenvalue weighted by Crippen LogP contribution is -2.55. The maximum Gasteiger partial charge on any atom is 0.409 e. The molecule has 1 saturated heterocycles. The molecular weight excluding hydrogens is 433 g/mol. The number of hydrogen-bond donors (Lipinski definition) is 0. The molecule has 7 heteroatoms. The molecule has 34 heavy (non-hydrogen) atoms. The van der Waals surface area contributed by atoms with Gasteiger partial charge in [0.2, 0.25) is 0 Å². The van der Waals surface area contributed by atoms with Gasteiger partial charge in [-0.15, -0.1) is 0 Å². The zero-order valence-electron chi connectivity index (χ0n) is 20.1. The molecule has 0 radical (unpaired) electrons. The van der Waals surface area contributed by atoms with E-state index in [2.05, 4.69) is 19.1 Å². The molecule has 0 spiro atoms. The molecule has 0 aromatic heterocycles. The number of halogens is 1. The molecule has 2 aromatic rings. The summed E-state index contributed by atoms with van der Waals surface area (Å²) in [7, 11) is 1.82. The summed E-state index contributed by atoms with van der Waals surface area (Å²) in [6, 6.07) is 14.1. The standard InChI is InChI=1S/C27H34FN3O3/c1-3-4-18-34-27(33)30-16-7-9-23(19-30)29(2)26(32)31-17-15-20-8-5-6-10-24(20)25(31)21-11-13-22(28)14-12-21/h5-6,8,10-14,23,25H,3-4,7,9,15-19H2,1-2H3/t23?,25-/m0/s1. The number of unbranched alkanes of at least 4 members (excludes halogenated alkanes) is 1. The summed E-state index contributed by atoms with van der Waals surface area (Å²) in [5.41, 5.74) is 3.18. The summed E-state index contributed by atoms with van der Waals surface area (Å²) in [6.07, 6.45) is 3.97. The summed E-state index contributed by atoms with van der Waals surface area (Å²) >= 11 is 0. The second-order valence-corrected chi connectivity index (χ2v) is 9.20. The van der Waals surface area contributed by atoms with E-state index < -0.39 is 0 Å². The molecule has 2 aliphatic rings. The molecule has 2 aromatic carbocycles. The molecule has 2 aliphatic heterocycles. The van der Waals surface area contributed by atoms with Gasteiger partial charge in [-0.25, -0.2) is 14.0 Å². The number of hydrogen-bond acceptors (Lipinski definition) is 3. The number of carbonyl (C=O) groups is 2. The van der Waals surface area contributed by atoms with E-state index in [4.69, 9.17) is 4.74 Å². The molecule has 0 bridgehead atoms. The van der Waals surface area contributed by atoms with Crippen LogP contribution in [0.2, 0.25) is 0 Å². The second kappa shape index (κ2) is 10.9. The van der Waals surface area contributed by atoms with Crippen LogP contribution >= 0.6 is 0 Å². The van der Waals surface area contributed by atoms with Crippen molar-refractivity contribution in [2.45, 2.75) is 51.1 Å². The maximum absolute atomic E-state index is 13.8. The van der Waals surface area contributed by atoms with Gasteiger partial charge in [0.15, 0.2) is 0 Å². The molecule has 6 nitrogen and oxygen atoms in total. The average Bonchev–Trinajstić information content (AvgIpc) is 2.88. The minimum Gasteiger partial charge on any atom is -0.449 e. The smallest absolute Gasteiger partial charge is 0.409 e. The number of benzene rings is 2. The topological polar surface area (TPSA) is 53.1 Å². The quantitative estimate of drug-likeness (QED) is 0.566. The first-order chi connectivity index (χ1) is 16.5. The molecule has 0 N–H and O–H groups in total. The Bertz CT molecular complexity index is 997. The Balaban J connectivity index is 1.52. The Hall–Kier alpha value is -3.09. The Morgan fingerprint density at radius 3 is 2.65 bits per heavy atom. The third-order valence-corrected chi connectivity index (χ3v) is 6.94. The second-order valence-electron chi connectivity index (χ2n) is 9.20. The van der Waals surface area contributed by atoms with Gasteiger partial charge in [0.1, 0.15) is 5.82 Å². The van der Waals surface area contributed by atoms with Crippen LogP contribution in [0.15, 0.2) is 48.5 Å². The van der Waals surface area contributed by atoms with Gasteiger partial charge < -0.3 is 19.4 Å². The number of rotatable bonds is 5. The molecule has 2 atom stereocenters. The number of amides is 3. The molecular formula is C27H34FN3O3. The lowest BCUT2D eigenvalue weighted by molar-refractivity contribution is 0.0680. The number of carbonyl (C=O) groups excluding carboxylic acids is 2. The van der Waals surface area contributed by atoms with Crippen molar-refractivity contribution < 1.29 is 18.7 Å². The predicted molar refractivity (Wildman–Crippen MR) is 129 cm³/mol. The van der Waals surface area contributed by atoms with Crippen LogP contribution in [0.3, 0.4) is 0 Å². The molecule has 1 unspecified atom stereocenters. The maximum atomic E-state index is 13.8. The van der Waals surface area contributed by atoms with Gasteiger partial charge in [0.05, 0.1) is 18.7 Å². The molecule has 1 fully saturated rings. The Kier molecular flexibility index (Phi) is 7.70. The number of piperidine rings is 1. The highest BCUT2D eigenvalue weighted by Crippen LogP contribution is 2.36. The summed E-state index contributed by atoms with van der Waals surface area (Å²) in [4.78, 5) is 31.6. The van der Waals surface area contributed by atoms with E-state index in [0.717, 1.165) is 43.2 Å². The van der Waals surface area contributed by atoms with E-state index in [1.807, 2.05) is 24.1 Å². The Labute approximate surface area is 201 Å². The summed E-state index contributed by atoms with van der Waals surface area (Å²) in [5.74, 6) is -0.295. The molecule has 182 valence electrons. The first kappa shape index (κ1) is 24.0. The normalized spacial score (nSPS) is 20.0. The highest BCUT2D eigenvalue weighted by Gasteiger charge is 2.36. The van der Waals surface area contributed by atoms with Gasteiger partial charge in [-0.3, -0.25) is 0 Å². The number of fused-ring (bicyclic) bond motifs is 1. The van der Waals surface area contributed by atoms with Crippen molar-refractivity contribution in [1.29, 1.82) is 0 Å². The molecule has 4 rings (SSSR count). The van der Waals surface area contributed by atoms with Gasteiger partial charge in [-0.05, 0) is 54.5 Å². The van der Waals surface area contributed by atoms with E-state index in [9.17, 15) is 14.0 Å². The van der Waals surface area contributed by atoms with E-state index in [1.165, 1.54) is 17.7 Å². The van der Waals surface area contributed by atoms with E-state index in [1.54, 1.807) is 21.9 Å². The number of likely N-dealkylation sites (tertiary alicyclic amines) is 1. The van der Waals surface area contributed by atoms with Crippen molar-refractivity contribution in [3.8, 4) is 0 Å². The fourth-order valence-corrected chi connectivity index (χ4v) is 4.97. The van der Waals surface area contributed by atoms with E-state index >= 15 is 0 Å². The minimum atomic E-state index is -0.296. The zero-order chi connectivity index (χ0) is 24.1. The molecule has 2 heterocycles. The van der Waals surface area contributed by atoms with Crippen molar-refractivity contribution in [2.75, 3.05) is 33.3 Å². The zero-order valence-corrected chi connectivity index (χ0v) is 20.1. The SMILES string of the molecule is CCCCOC(=O)N1CCCC(N(C)C(=O)N2CCc3ccccc3[C@@H]2c2ccc(F)cc2)C1. The lowest BCUT2D eigenvalue weighted by Gasteiger charge is -2.43. The summed E-state index contributed by atoms with van der Waals surface area (Å²) < 4.78 is 19.0. The lowest BCUT2D eigenvalue weighted by atomic mass is 9.88. The van der Waals surface area contributed by atoms with Crippen molar-refractivity contribution in [3.63, 3.8) is 0 Å². The van der Waals surface area contributed by atoms with Crippen LogP contribution in [0.25, 0.3) is 0 Å². The van der Waals surface area contributed by atoms with Crippen LogP contribution in [0.4, 0.5) is 14.0 Å². The van der Waals surface area contributed by atoms with Crippen LogP contribution in [0, 0.1) is 5.82 Å². The predicted octanol–water partition coefficient (Wildman–Crippen LogP) is 5.23. The number of urea groups is 1. The van der Waals surface area contributed by atoms with Crippen molar-refractivity contribution in [3.05, 3.63) is 71.0 Å². The van der Waals surface area contributed by atoms with Crippen molar-refractivity contribution in [2.24, 2.45) is 0 Å². The first-order valence-electron chi connectivity index (χ1n) is 12.3. The fourth-order valence-electron chi connectivity index (χ4n) is 4.97. The third kappa shape index (κ3) is 5.18. The van der Waals surface area contributed by atoms with Gasteiger partial charge >= 0.3 is 12.1 Å². The largest absolute Gasteiger partial charge is 0.449 e. The summed E-state index contributed by atoms with van der Waals surface area (Å²) in [5, 5.41) is 0. The van der Waals surface area contributed by atoms with E-state index in [0.29, 0.717) is 26.2 Å². The van der Waals surface area contributed by atoms with Gasteiger partial charge in [0, 0.05) is 26.7 Å². The highest BCUT2D eigenvalue weighted by atomic mass is 19.1. The number of nitrogens with zero attached hydrogens (tertiary/aromatic N) is 3. The minimum absolute atomic E-state index is 0.0740. The van der Waals surface area contributed by atoms with Crippen LogP contribution < -0.4 is 0 Å². The first-order valence-corrected chi connectivity index (χ1v) is 12.3. The van der Waals surface area contributed by atoms with Crippen LogP contribution in [0.1, 0.15) is 55.3 Å². The van der Waals surface area contributed by atoms with Crippen LogP contribution in [-0.2, 0) is 11.2 Å². The van der Waals surface area contributed by atoms with Crippen LogP contribution in [0.5, 0.6) is 0 Å². The third-order valence-electron chi connectivity index (χ3n) is 6.94. The fraction of sp³-hybridized carbons (Fsp3) is 0.481. The Morgan fingerprint density at radius 2 is 1.88 bits per heavy atom. The summed E-state index contributed by atoms with van der Waals surface area (Å²) in [6.45, 7) is 4.19.